The van der Waals surface area contributed by atoms with Gasteiger partial charge in [0, 0.05) is 6.54 Å². The van der Waals surface area contributed by atoms with Crippen LogP contribution in [0, 0.1) is 6.92 Å². The highest BCUT2D eigenvalue weighted by Crippen LogP contribution is 2.08. The van der Waals surface area contributed by atoms with Crippen molar-refractivity contribution in [3.05, 3.63) is 53.6 Å². The average molecular weight is 230 g/mol. The number of benzene rings is 1. The average Bonchev–Trinajstić information content (AvgIpc) is 2.69. The number of imidazole rings is 1. The second kappa shape index (κ2) is 4.82. The fraction of sp³-hybridized carbons (Fsp3) is 0.231. The highest BCUT2D eigenvalue weighted by Gasteiger charge is 2.12. The molecule has 1 heterocycles. The lowest BCUT2D eigenvalue weighted by molar-refractivity contribution is 0.0684. The van der Waals surface area contributed by atoms with Gasteiger partial charge in [-0.15, -0.1) is 0 Å². The highest BCUT2D eigenvalue weighted by atomic mass is 16.4. The Morgan fingerprint density at radius 3 is 2.71 bits per heavy atom. The van der Waals surface area contributed by atoms with Crippen molar-refractivity contribution in [2.45, 2.75) is 19.9 Å². The van der Waals surface area contributed by atoms with Crippen molar-refractivity contribution in [1.82, 2.24) is 9.55 Å². The molecule has 0 radical (unpaired) electrons. The molecule has 0 atom stereocenters. The Morgan fingerprint density at radius 2 is 2.06 bits per heavy atom. The van der Waals surface area contributed by atoms with Crippen LogP contribution in [-0.4, -0.2) is 20.6 Å². The summed E-state index contributed by atoms with van der Waals surface area (Å²) >= 11 is 0. The summed E-state index contributed by atoms with van der Waals surface area (Å²) in [6, 6.07) is 10.00. The van der Waals surface area contributed by atoms with Gasteiger partial charge in [0.05, 0.1) is 6.20 Å². The lowest BCUT2D eigenvalue weighted by Crippen LogP contribution is -2.11. The minimum absolute atomic E-state index is 0.249. The van der Waals surface area contributed by atoms with Crippen LogP contribution >= 0.6 is 0 Å². The number of hydrogen-bond donors (Lipinski definition) is 1. The molecule has 2 rings (SSSR count). The third-order valence-corrected chi connectivity index (χ3v) is 2.74. The van der Waals surface area contributed by atoms with Crippen LogP contribution in [0.3, 0.4) is 0 Å². The molecule has 0 spiro atoms. The largest absolute Gasteiger partial charge is 0.477 e. The molecule has 0 amide bonds. The first kappa shape index (κ1) is 11.4. The topological polar surface area (TPSA) is 55.1 Å². The van der Waals surface area contributed by atoms with Crippen molar-refractivity contribution in [3.63, 3.8) is 0 Å². The van der Waals surface area contributed by atoms with Crippen molar-refractivity contribution < 1.29 is 9.90 Å². The number of rotatable bonds is 4. The van der Waals surface area contributed by atoms with Crippen LogP contribution in [0.1, 0.15) is 21.9 Å². The van der Waals surface area contributed by atoms with Crippen LogP contribution in [0.4, 0.5) is 0 Å². The fourth-order valence-corrected chi connectivity index (χ4v) is 1.81. The van der Waals surface area contributed by atoms with Gasteiger partial charge in [0.2, 0.25) is 0 Å². The van der Waals surface area contributed by atoms with Crippen molar-refractivity contribution in [1.29, 1.82) is 0 Å². The Kier molecular flexibility index (Phi) is 3.23. The zero-order valence-corrected chi connectivity index (χ0v) is 9.63. The minimum Gasteiger partial charge on any atom is -0.477 e. The second-order valence-electron chi connectivity index (χ2n) is 3.88. The van der Waals surface area contributed by atoms with E-state index < -0.39 is 5.97 Å². The zero-order chi connectivity index (χ0) is 12.3. The van der Waals surface area contributed by atoms with E-state index in [1.54, 1.807) is 4.57 Å². The maximum atomic E-state index is 11.0. The summed E-state index contributed by atoms with van der Waals surface area (Å²) in [6.07, 6.45) is 2.21. The Labute approximate surface area is 99.5 Å². The molecule has 1 aromatic carbocycles. The van der Waals surface area contributed by atoms with Gasteiger partial charge < -0.3 is 9.67 Å². The normalized spacial score (nSPS) is 10.4. The van der Waals surface area contributed by atoms with Gasteiger partial charge >= 0.3 is 5.97 Å². The summed E-state index contributed by atoms with van der Waals surface area (Å²) < 4.78 is 1.73. The van der Waals surface area contributed by atoms with Gasteiger partial charge in [0.1, 0.15) is 11.5 Å². The molecule has 2 aromatic rings. The Morgan fingerprint density at radius 1 is 1.35 bits per heavy atom. The van der Waals surface area contributed by atoms with E-state index in [2.05, 4.69) is 4.98 Å². The summed E-state index contributed by atoms with van der Waals surface area (Å²) in [5.74, 6) is -0.197. The van der Waals surface area contributed by atoms with Crippen molar-refractivity contribution in [2.24, 2.45) is 0 Å². The molecule has 0 saturated heterocycles. The van der Waals surface area contributed by atoms with Gasteiger partial charge in [-0.05, 0) is 18.9 Å². The molecule has 0 fully saturated rings. The quantitative estimate of drug-likeness (QED) is 0.875. The van der Waals surface area contributed by atoms with Crippen LogP contribution in [0.2, 0.25) is 0 Å². The number of aryl methyl sites for hydroxylation is 2. The molecular weight excluding hydrogens is 216 g/mol. The van der Waals surface area contributed by atoms with E-state index in [1.807, 2.05) is 37.3 Å². The number of carboxylic acids is 1. The van der Waals surface area contributed by atoms with Gasteiger partial charge in [-0.1, -0.05) is 30.3 Å². The molecule has 0 saturated carbocycles. The molecule has 88 valence electrons. The predicted octanol–water partition coefficient (Wildman–Crippen LogP) is 2.13. The van der Waals surface area contributed by atoms with Crippen LogP contribution in [0.15, 0.2) is 36.5 Å². The molecular formula is C13H14N2O2. The van der Waals surface area contributed by atoms with E-state index in [0.717, 1.165) is 12.2 Å². The van der Waals surface area contributed by atoms with Gasteiger partial charge in [0.25, 0.3) is 0 Å². The SMILES string of the molecule is Cc1ncc(C(=O)O)n1CCc1ccccc1. The number of nitrogens with zero attached hydrogens (tertiary/aromatic N) is 2. The first-order chi connectivity index (χ1) is 8.18. The van der Waals surface area contributed by atoms with Gasteiger partial charge in [-0.3, -0.25) is 0 Å². The van der Waals surface area contributed by atoms with Crippen molar-refractivity contribution in [2.75, 3.05) is 0 Å². The van der Waals surface area contributed by atoms with Gasteiger partial charge in [-0.25, -0.2) is 9.78 Å². The third kappa shape index (κ3) is 2.53. The summed E-state index contributed by atoms with van der Waals surface area (Å²) in [4.78, 5) is 15.0. The molecule has 1 aromatic heterocycles. The minimum atomic E-state index is -0.932. The summed E-state index contributed by atoms with van der Waals surface area (Å²) in [5.41, 5.74) is 1.44. The molecule has 0 aliphatic carbocycles. The first-order valence-corrected chi connectivity index (χ1v) is 5.48. The summed E-state index contributed by atoms with van der Waals surface area (Å²) in [7, 11) is 0. The van der Waals surface area contributed by atoms with Crippen molar-refractivity contribution in [3.8, 4) is 0 Å². The molecule has 1 N–H and O–H groups in total. The van der Waals surface area contributed by atoms with Crippen molar-refractivity contribution >= 4 is 5.97 Å². The molecule has 4 heteroatoms. The molecule has 0 aliphatic rings. The Bertz CT molecular complexity index is 517. The lowest BCUT2D eigenvalue weighted by Gasteiger charge is -2.07. The summed E-state index contributed by atoms with van der Waals surface area (Å²) in [5, 5.41) is 9.02. The molecule has 0 unspecified atom stereocenters. The van der Waals surface area contributed by atoms with Crippen LogP contribution in [-0.2, 0) is 13.0 Å². The molecule has 0 aliphatic heterocycles. The Balaban J connectivity index is 2.14. The van der Waals surface area contributed by atoms with E-state index in [4.69, 9.17) is 5.11 Å². The number of carboxylic acid groups (broad SMARTS) is 1. The number of aromatic nitrogens is 2. The van der Waals surface area contributed by atoms with E-state index >= 15 is 0 Å². The number of aromatic carboxylic acids is 1. The second-order valence-corrected chi connectivity index (χ2v) is 3.88. The smallest absolute Gasteiger partial charge is 0.354 e. The molecule has 4 nitrogen and oxygen atoms in total. The fourth-order valence-electron chi connectivity index (χ4n) is 1.81. The maximum absolute atomic E-state index is 11.0. The molecule has 17 heavy (non-hydrogen) atoms. The molecule has 0 bridgehead atoms. The van der Waals surface area contributed by atoms with Crippen LogP contribution in [0.25, 0.3) is 0 Å². The first-order valence-electron chi connectivity index (χ1n) is 5.48. The van der Waals surface area contributed by atoms with Crippen LogP contribution < -0.4 is 0 Å². The Hall–Kier alpha value is -2.10. The van der Waals surface area contributed by atoms with E-state index in [0.29, 0.717) is 6.54 Å². The van der Waals surface area contributed by atoms with E-state index in [-0.39, 0.29) is 5.69 Å². The van der Waals surface area contributed by atoms with Gasteiger partial charge in [-0.2, -0.15) is 0 Å². The number of carbonyl (C=O) groups is 1. The highest BCUT2D eigenvalue weighted by molar-refractivity contribution is 5.85. The zero-order valence-electron chi connectivity index (χ0n) is 9.63. The lowest BCUT2D eigenvalue weighted by atomic mass is 10.1. The predicted molar refractivity (Wildman–Crippen MR) is 64.1 cm³/mol. The van der Waals surface area contributed by atoms with E-state index in [9.17, 15) is 4.79 Å². The standard InChI is InChI=1S/C13H14N2O2/c1-10-14-9-12(13(16)17)15(10)8-7-11-5-3-2-4-6-11/h2-6,9H,7-8H2,1H3,(H,16,17). The number of hydrogen-bond acceptors (Lipinski definition) is 2. The van der Waals surface area contributed by atoms with Crippen LogP contribution in [0.5, 0.6) is 0 Å². The van der Waals surface area contributed by atoms with E-state index in [1.165, 1.54) is 11.8 Å². The third-order valence-electron chi connectivity index (χ3n) is 2.74. The monoisotopic (exact) mass is 230 g/mol. The summed E-state index contributed by atoms with van der Waals surface area (Å²) in [6.45, 7) is 2.45. The maximum Gasteiger partial charge on any atom is 0.354 e. The van der Waals surface area contributed by atoms with Gasteiger partial charge in [0.15, 0.2) is 0 Å².